The summed E-state index contributed by atoms with van der Waals surface area (Å²) in [5.74, 6) is 1.08. The summed E-state index contributed by atoms with van der Waals surface area (Å²) >= 11 is 1.39. The molecular weight excluding hydrogens is 382 g/mol. The second kappa shape index (κ2) is 8.05. The van der Waals surface area contributed by atoms with E-state index < -0.39 is 0 Å². The van der Waals surface area contributed by atoms with Gasteiger partial charge in [0, 0.05) is 40.6 Å². The predicted octanol–water partition coefficient (Wildman–Crippen LogP) is 4.56. The predicted molar refractivity (Wildman–Crippen MR) is 115 cm³/mol. The number of aromatic nitrogens is 5. The number of H-pyrrole nitrogens is 1. The minimum absolute atomic E-state index is 0.0702. The fourth-order valence-corrected chi connectivity index (χ4v) is 4.03. The zero-order valence-electron chi connectivity index (χ0n) is 16.5. The van der Waals surface area contributed by atoms with Crippen molar-refractivity contribution < 1.29 is 4.79 Å². The van der Waals surface area contributed by atoms with Crippen LogP contribution in [-0.2, 0) is 0 Å². The number of carbonyl (C=O) groups excluding carboxylic acids is 1. The van der Waals surface area contributed by atoms with E-state index in [-0.39, 0.29) is 5.78 Å². The van der Waals surface area contributed by atoms with E-state index in [2.05, 4.69) is 39.2 Å². The maximum Gasteiger partial charge on any atom is 0.196 e. The zero-order chi connectivity index (χ0) is 20.4. The molecule has 6 nitrogen and oxygen atoms in total. The van der Waals surface area contributed by atoms with E-state index in [0.717, 1.165) is 34.0 Å². The maximum atomic E-state index is 12.7. The first kappa shape index (κ1) is 19.1. The second-order valence-corrected chi connectivity index (χ2v) is 7.86. The van der Waals surface area contributed by atoms with Gasteiger partial charge >= 0.3 is 0 Å². The third kappa shape index (κ3) is 4.00. The molecule has 0 radical (unpaired) electrons. The van der Waals surface area contributed by atoms with Crippen molar-refractivity contribution in [3.05, 3.63) is 77.4 Å². The SMILES string of the molecule is Cc1ccc(-n2c(SCC(=O)c3cc(C)[nH]c3C)nnc2-c2ccncc2)cc1. The van der Waals surface area contributed by atoms with Crippen LogP contribution < -0.4 is 0 Å². The maximum absolute atomic E-state index is 12.7. The minimum Gasteiger partial charge on any atom is -0.362 e. The van der Waals surface area contributed by atoms with E-state index in [1.165, 1.54) is 17.3 Å². The molecule has 29 heavy (non-hydrogen) atoms. The highest BCUT2D eigenvalue weighted by molar-refractivity contribution is 7.99. The van der Waals surface area contributed by atoms with Crippen LogP contribution in [0.4, 0.5) is 0 Å². The van der Waals surface area contributed by atoms with Gasteiger partial charge in [-0.1, -0.05) is 29.5 Å². The van der Waals surface area contributed by atoms with Gasteiger partial charge in [-0.2, -0.15) is 0 Å². The fraction of sp³-hybridized carbons (Fsp3) is 0.182. The average molecular weight is 404 g/mol. The van der Waals surface area contributed by atoms with Crippen LogP contribution >= 0.6 is 11.8 Å². The van der Waals surface area contributed by atoms with Gasteiger partial charge in [-0.3, -0.25) is 14.3 Å². The number of thioether (sulfide) groups is 1. The highest BCUT2D eigenvalue weighted by Crippen LogP contribution is 2.28. The summed E-state index contributed by atoms with van der Waals surface area (Å²) in [7, 11) is 0. The highest BCUT2D eigenvalue weighted by atomic mass is 32.2. The van der Waals surface area contributed by atoms with Gasteiger partial charge in [-0.05, 0) is 51.1 Å². The van der Waals surface area contributed by atoms with Crippen LogP contribution in [0.5, 0.6) is 0 Å². The van der Waals surface area contributed by atoms with Gasteiger partial charge in [0.2, 0.25) is 0 Å². The number of pyridine rings is 1. The van der Waals surface area contributed by atoms with Crippen molar-refractivity contribution >= 4 is 17.5 Å². The number of rotatable bonds is 6. The molecule has 4 aromatic rings. The number of benzene rings is 1. The molecule has 3 heterocycles. The first-order valence-electron chi connectivity index (χ1n) is 9.28. The molecule has 146 valence electrons. The number of nitrogens with zero attached hydrogens (tertiary/aromatic N) is 4. The molecule has 0 bridgehead atoms. The topological polar surface area (TPSA) is 76.5 Å². The van der Waals surface area contributed by atoms with Gasteiger partial charge in [0.15, 0.2) is 16.8 Å². The van der Waals surface area contributed by atoms with Crippen LogP contribution in [0.25, 0.3) is 17.1 Å². The van der Waals surface area contributed by atoms with Crippen molar-refractivity contribution in [2.45, 2.75) is 25.9 Å². The first-order chi connectivity index (χ1) is 14.0. The molecule has 0 amide bonds. The molecule has 0 aliphatic carbocycles. The van der Waals surface area contributed by atoms with Crippen molar-refractivity contribution in [1.82, 2.24) is 24.7 Å². The molecule has 0 aliphatic rings. The Labute approximate surface area is 173 Å². The molecule has 0 saturated heterocycles. The van der Waals surface area contributed by atoms with Gasteiger partial charge in [-0.15, -0.1) is 10.2 Å². The van der Waals surface area contributed by atoms with Gasteiger partial charge < -0.3 is 4.98 Å². The molecule has 0 aliphatic heterocycles. The van der Waals surface area contributed by atoms with Crippen molar-refractivity contribution in [2.75, 3.05) is 5.75 Å². The lowest BCUT2D eigenvalue weighted by Gasteiger charge is -2.10. The molecule has 1 aromatic carbocycles. The second-order valence-electron chi connectivity index (χ2n) is 6.92. The molecule has 0 spiro atoms. The Bertz CT molecular complexity index is 1150. The third-order valence-corrected chi connectivity index (χ3v) is 5.58. The number of nitrogens with one attached hydrogen (secondary N) is 1. The summed E-state index contributed by atoms with van der Waals surface area (Å²) in [5, 5.41) is 9.46. The van der Waals surface area contributed by atoms with Crippen LogP contribution in [0.2, 0.25) is 0 Å². The monoisotopic (exact) mass is 403 g/mol. The third-order valence-electron chi connectivity index (χ3n) is 4.65. The summed E-state index contributed by atoms with van der Waals surface area (Å²) in [6, 6.07) is 13.9. The normalized spacial score (nSPS) is 11.0. The fourth-order valence-electron chi connectivity index (χ4n) is 3.20. The Morgan fingerprint density at radius 1 is 1.03 bits per heavy atom. The van der Waals surface area contributed by atoms with Crippen LogP contribution in [0.3, 0.4) is 0 Å². The molecule has 0 saturated carbocycles. The van der Waals surface area contributed by atoms with E-state index >= 15 is 0 Å². The Morgan fingerprint density at radius 3 is 2.41 bits per heavy atom. The highest BCUT2D eigenvalue weighted by Gasteiger charge is 2.19. The number of hydrogen-bond acceptors (Lipinski definition) is 5. The molecule has 0 unspecified atom stereocenters. The van der Waals surface area contributed by atoms with Crippen molar-refractivity contribution in [1.29, 1.82) is 0 Å². The number of aromatic amines is 1. The lowest BCUT2D eigenvalue weighted by molar-refractivity contribution is 0.102. The Kier molecular flexibility index (Phi) is 5.31. The summed E-state index contributed by atoms with van der Waals surface area (Å²) in [4.78, 5) is 20.0. The molecule has 0 atom stereocenters. The summed E-state index contributed by atoms with van der Waals surface area (Å²) < 4.78 is 1.99. The van der Waals surface area contributed by atoms with Gasteiger partial charge in [0.25, 0.3) is 0 Å². The Balaban J connectivity index is 1.68. The molecular formula is C22H21N5OS. The average Bonchev–Trinajstić information content (AvgIpc) is 3.30. The van der Waals surface area contributed by atoms with Crippen LogP contribution in [0.15, 0.2) is 60.0 Å². The number of aryl methyl sites for hydroxylation is 3. The van der Waals surface area contributed by atoms with Crippen molar-refractivity contribution in [2.24, 2.45) is 0 Å². The van der Waals surface area contributed by atoms with Gasteiger partial charge in [-0.25, -0.2) is 0 Å². The summed E-state index contributed by atoms with van der Waals surface area (Å²) in [6.45, 7) is 5.92. The Hall–Kier alpha value is -3.19. The largest absolute Gasteiger partial charge is 0.362 e. The van der Waals surface area contributed by atoms with E-state index in [9.17, 15) is 4.79 Å². The van der Waals surface area contributed by atoms with E-state index in [1.807, 2.05) is 48.7 Å². The number of Topliss-reactive ketones (excluding diaryl/α,β-unsaturated/α-hetero) is 1. The van der Waals surface area contributed by atoms with E-state index in [4.69, 9.17) is 0 Å². The lowest BCUT2D eigenvalue weighted by atomic mass is 10.2. The Morgan fingerprint density at radius 2 is 1.76 bits per heavy atom. The number of hydrogen-bond donors (Lipinski definition) is 1. The first-order valence-corrected chi connectivity index (χ1v) is 10.3. The standard InChI is InChI=1S/C22H21N5OS/c1-14-4-6-18(7-5-14)27-21(17-8-10-23-11-9-17)25-26-22(27)29-13-20(28)19-12-15(2)24-16(19)3/h4-12,24H,13H2,1-3H3. The smallest absolute Gasteiger partial charge is 0.196 e. The zero-order valence-corrected chi connectivity index (χ0v) is 17.3. The van der Waals surface area contributed by atoms with Crippen LogP contribution in [-0.4, -0.2) is 36.3 Å². The molecule has 1 N–H and O–H groups in total. The van der Waals surface area contributed by atoms with Gasteiger partial charge in [0.05, 0.1) is 5.75 Å². The van der Waals surface area contributed by atoms with E-state index in [0.29, 0.717) is 10.9 Å². The summed E-state index contributed by atoms with van der Waals surface area (Å²) in [5.41, 5.74) is 5.66. The molecule has 0 fully saturated rings. The molecule has 4 rings (SSSR count). The molecule has 7 heteroatoms. The number of ketones is 1. The van der Waals surface area contributed by atoms with Crippen LogP contribution in [0.1, 0.15) is 27.3 Å². The quantitative estimate of drug-likeness (QED) is 0.377. The summed E-state index contributed by atoms with van der Waals surface area (Å²) in [6.07, 6.45) is 3.47. The van der Waals surface area contributed by atoms with E-state index in [1.54, 1.807) is 12.4 Å². The number of carbonyl (C=O) groups is 1. The van der Waals surface area contributed by atoms with Gasteiger partial charge in [0.1, 0.15) is 0 Å². The molecule has 3 aromatic heterocycles. The lowest BCUT2D eigenvalue weighted by Crippen LogP contribution is -2.05. The van der Waals surface area contributed by atoms with Crippen LogP contribution in [0, 0.1) is 20.8 Å². The van der Waals surface area contributed by atoms with Crippen molar-refractivity contribution in [3.8, 4) is 17.1 Å². The minimum atomic E-state index is 0.0702. The van der Waals surface area contributed by atoms with Crippen molar-refractivity contribution in [3.63, 3.8) is 0 Å².